The molecule has 1 aliphatic rings. The van der Waals surface area contributed by atoms with E-state index in [1.165, 1.54) is 66.8 Å². The summed E-state index contributed by atoms with van der Waals surface area (Å²) in [6, 6.07) is 64.2. The van der Waals surface area contributed by atoms with E-state index in [0.29, 0.717) is 0 Å². The Hall–Kier alpha value is -4.00. The van der Waals surface area contributed by atoms with Gasteiger partial charge < -0.3 is 24.8 Å². The average molecular weight is 851 g/mol. The van der Waals surface area contributed by atoms with Gasteiger partial charge in [-0.25, -0.2) is 12.1 Å². The van der Waals surface area contributed by atoms with Crippen molar-refractivity contribution in [2.75, 3.05) is 0 Å². The molecule has 0 atom stereocenters. The molecule has 56 heavy (non-hydrogen) atoms. The Balaban J connectivity index is 0.000000252. The molecule has 0 saturated carbocycles. The molecule has 0 nitrogen and oxygen atoms in total. The SMILES string of the molecule is CC(C)(C)c1cc2c([c-]c1-c1ccccc1)Cc1cc(-c3ccccc3)c(C(C)(C)C)cc1-2.[Cl-].[Cl-].[Zr+2]=[C](Cc1ccccc1)Cc1ccccc1.c1cc[cH-]c1. The molecule has 0 spiro atoms. The zero-order valence-corrected chi connectivity index (χ0v) is 37.5. The van der Waals surface area contributed by atoms with E-state index in [4.69, 9.17) is 0 Å². The average Bonchev–Trinajstić information content (AvgIpc) is 3.87. The van der Waals surface area contributed by atoms with Crippen molar-refractivity contribution in [2.24, 2.45) is 0 Å². The van der Waals surface area contributed by atoms with Gasteiger partial charge in [-0.3, -0.25) is 0 Å². The molecular formula is C53H52Cl2Zr-2. The van der Waals surface area contributed by atoms with Crippen LogP contribution in [0.15, 0.2) is 170 Å². The van der Waals surface area contributed by atoms with E-state index in [1.54, 1.807) is 27.4 Å². The molecule has 7 aromatic rings. The normalized spacial score (nSPS) is 11.3. The molecule has 0 amide bonds. The minimum Gasteiger partial charge on any atom is -0.214 e. The summed E-state index contributed by atoms with van der Waals surface area (Å²) in [5, 5.41) is 0. The van der Waals surface area contributed by atoms with Crippen LogP contribution in [0.4, 0.5) is 0 Å². The maximum absolute atomic E-state index is 3.88. The Bertz CT molecular complexity index is 2080. The van der Waals surface area contributed by atoms with Crippen LogP contribution in [-0.4, -0.2) is 3.21 Å². The quantitative estimate of drug-likeness (QED) is 0.152. The summed E-state index contributed by atoms with van der Waals surface area (Å²) in [5.74, 6) is 0. The van der Waals surface area contributed by atoms with Crippen LogP contribution in [-0.2, 0) is 54.3 Å². The fraction of sp³-hybridized carbons (Fsp3) is 0.208. The van der Waals surface area contributed by atoms with Crippen LogP contribution < -0.4 is 24.8 Å². The Morgan fingerprint density at radius 3 is 1.43 bits per heavy atom. The third-order valence-corrected chi connectivity index (χ3v) is 10.8. The molecule has 0 bridgehead atoms. The zero-order valence-electron chi connectivity index (χ0n) is 33.5. The fourth-order valence-electron chi connectivity index (χ4n) is 7.17. The van der Waals surface area contributed by atoms with Crippen LogP contribution in [0.5, 0.6) is 0 Å². The molecule has 1 aliphatic carbocycles. The standard InChI is InChI=1S/C33H33.C15H14.C5H5.2ClH.Zr/c1-32(2,3)30-20-26-24(18-28(30)22-13-9-7-10-14-22)17-25-19-29(23-15-11-8-12-16-23)31(21-27(25)26)33(4,5)6;1-3-8-14(9-4-1)12-7-13-15-10-5-2-6-11-15;1-2-4-5-3-1;;;/h7-16,18,20-21H,17H2,1-6H3;1-6,8-11H,12-13H2;1-5H;2*1H;/q-1;;-1;;;+2/p-2. The zero-order chi connectivity index (χ0) is 38.1. The van der Waals surface area contributed by atoms with Gasteiger partial charge in [0.2, 0.25) is 0 Å². The first-order chi connectivity index (χ1) is 26.0. The third kappa shape index (κ3) is 11.8. The van der Waals surface area contributed by atoms with Gasteiger partial charge in [-0.1, -0.05) is 131 Å². The van der Waals surface area contributed by atoms with Crippen molar-refractivity contribution < 1.29 is 49.0 Å². The van der Waals surface area contributed by atoms with Crippen molar-refractivity contribution in [3.63, 3.8) is 0 Å². The van der Waals surface area contributed by atoms with Crippen molar-refractivity contribution in [3.8, 4) is 33.4 Å². The van der Waals surface area contributed by atoms with Gasteiger partial charge in [0.15, 0.2) is 0 Å². The number of rotatable bonds is 6. The van der Waals surface area contributed by atoms with Crippen molar-refractivity contribution in [3.05, 3.63) is 209 Å². The first-order valence-corrected chi connectivity index (χ1v) is 20.4. The van der Waals surface area contributed by atoms with Crippen molar-refractivity contribution in [1.82, 2.24) is 0 Å². The molecule has 0 aliphatic heterocycles. The summed E-state index contributed by atoms with van der Waals surface area (Å²) in [6.07, 6.45) is 3.18. The molecule has 0 radical (unpaired) electrons. The summed E-state index contributed by atoms with van der Waals surface area (Å²) >= 11 is 1.55. The van der Waals surface area contributed by atoms with Crippen LogP contribution in [0.25, 0.3) is 33.4 Å². The minimum atomic E-state index is 0. The minimum absolute atomic E-state index is 0. The van der Waals surface area contributed by atoms with E-state index in [-0.39, 0.29) is 35.6 Å². The number of hydrogen-bond acceptors (Lipinski definition) is 0. The molecule has 0 aromatic heterocycles. The van der Waals surface area contributed by atoms with Gasteiger partial charge in [0.25, 0.3) is 0 Å². The fourth-order valence-corrected chi connectivity index (χ4v) is 8.17. The second kappa shape index (κ2) is 20.4. The molecule has 0 heterocycles. The molecule has 0 fully saturated rings. The first kappa shape index (κ1) is 44.7. The number of fused-ring (bicyclic) bond motifs is 3. The largest absolute Gasteiger partial charge is 0.214 e. The summed E-state index contributed by atoms with van der Waals surface area (Å²) < 4.78 is 1.60. The predicted octanol–water partition coefficient (Wildman–Crippen LogP) is 7.59. The second-order valence-corrected chi connectivity index (χ2v) is 18.0. The number of hydrogen-bond donors (Lipinski definition) is 0. The number of benzene rings is 6. The van der Waals surface area contributed by atoms with E-state index in [9.17, 15) is 0 Å². The molecule has 0 N–H and O–H groups in total. The number of halogens is 2. The van der Waals surface area contributed by atoms with Gasteiger partial charge in [-0.05, 0) is 39.5 Å². The van der Waals surface area contributed by atoms with E-state index < -0.39 is 0 Å². The van der Waals surface area contributed by atoms with E-state index in [0.717, 1.165) is 19.3 Å². The Morgan fingerprint density at radius 2 is 0.982 bits per heavy atom. The maximum atomic E-state index is 3.88. The van der Waals surface area contributed by atoms with Crippen LogP contribution in [0.2, 0.25) is 0 Å². The Labute approximate surface area is 364 Å². The van der Waals surface area contributed by atoms with Gasteiger partial charge >= 0.3 is 112 Å². The predicted molar refractivity (Wildman–Crippen MR) is 229 cm³/mol. The van der Waals surface area contributed by atoms with Crippen molar-refractivity contribution >= 4 is 3.21 Å². The van der Waals surface area contributed by atoms with E-state index in [2.05, 4.69) is 187 Å². The molecule has 0 unspecified atom stereocenters. The van der Waals surface area contributed by atoms with Gasteiger partial charge in [0.05, 0.1) is 0 Å². The first-order valence-electron chi connectivity index (χ1n) is 19.2. The Morgan fingerprint density at radius 1 is 0.536 bits per heavy atom. The maximum Gasteiger partial charge on any atom is -0.172 e. The molecule has 0 saturated heterocycles. The van der Waals surface area contributed by atoms with Crippen molar-refractivity contribution in [1.29, 1.82) is 0 Å². The third-order valence-electron chi connectivity index (χ3n) is 9.90. The molecule has 8 rings (SSSR count). The molecule has 7 aromatic carbocycles. The van der Waals surface area contributed by atoms with Gasteiger partial charge in [0, 0.05) is 0 Å². The van der Waals surface area contributed by atoms with Gasteiger partial charge in [-0.2, -0.15) is 18.2 Å². The molecule has 284 valence electrons. The summed E-state index contributed by atoms with van der Waals surface area (Å²) in [6.45, 7) is 13.9. The van der Waals surface area contributed by atoms with Crippen molar-refractivity contribution in [2.45, 2.75) is 71.6 Å². The van der Waals surface area contributed by atoms with E-state index in [1.807, 2.05) is 30.3 Å². The van der Waals surface area contributed by atoms with Gasteiger partial charge in [0.1, 0.15) is 0 Å². The second-order valence-electron chi connectivity index (χ2n) is 16.3. The van der Waals surface area contributed by atoms with Crippen LogP contribution >= 0.6 is 0 Å². The van der Waals surface area contributed by atoms with E-state index >= 15 is 0 Å². The smallest absolute Gasteiger partial charge is 0.172 e. The summed E-state index contributed by atoms with van der Waals surface area (Å²) in [4.78, 5) is 0. The summed E-state index contributed by atoms with van der Waals surface area (Å²) in [7, 11) is 0. The monoisotopic (exact) mass is 848 g/mol. The van der Waals surface area contributed by atoms with Crippen LogP contribution in [0.1, 0.15) is 74.9 Å². The summed E-state index contributed by atoms with van der Waals surface area (Å²) in [5.41, 5.74) is 16.3. The van der Waals surface area contributed by atoms with Crippen LogP contribution in [0.3, 0.4) is 0 Å². The Kier molecular flexibility index (Phi) is 16.3. The van der Waals surface area contributed by atoms with Gasteiger partial charge in [-0.15, -0.1) is 28.8 Å². The molecule has 3 heteroatoms. The van der Waals surface area contributed by atoms with Crippen LogP contribution in [0, 0.1) is 6.07 Å². The molecular weight excluding hydrogens is 799 g/mol. The topological polar surface area (TPSA) is 0 Å².